The molecule has 3 nitrogen and oxygen atoms in total. The number of benzene rings is 1. The molecule has 1 aliphatic rings. The third-order valence-electron chi connectivity index (χ3n) is 2.56. The van der Waals surface area contributed by atoms with Crippen LogP contribution < -0.4 is 10.7 Å². The van der Waals surface area contributed by atoms with Gasteiger partial charge >= 0.3 is 0 Å². The summed E-state index contributed by atoms with van der Waals surface area (Å²) in [6, 6.07) is 5.06. The van der Waals surface area contributed by atoms with Crippen LogP contribution in [0.25, 0.3) is 0 Å². The molecule has 1 aliphatic heterocycles. The summed E-state index contributed by atoms with van der Waals surface area (Å²) in [6.07, 6.45) is 0.804. The molecule has 102 valence electrons. The van der Waals surface area contributed by atoms with E-state index < -0.39 is 0 Å². The molecule has 0 fully saturated rings. The Balaban J connectivity index is 2.14. The predicted molar refractivity (Wildman–Crippen MR) is 82.3 cm³/mol. The second kappa shape index (κ2) is 6.34. The first-order valence-corrected chi connectivity index (χ1v) is 7.51. The lowest BCUT2D eigenvalue weighted by molar-refractivity contribution is 0.626. The molecule has 0 saturated heterocycles. The van der Waals surface area contributed by atoms with Gasteiger partial charge in [-0.25, -0.2) is 4.39 Å². The highest BCUT2D eigenvalue weighted by atomic mass is 32.2. The van der Waals surface area contributed by atoms with E-state index in [0.29, 0.717) is 5.11 Å². The van der Waals surface area contributed by atoms with Crippen LogP contribution in [0.2, 0.25) is 0 Å². The standard InChI is InChI=1S/C13H16FN3S2/c1-8(2)15-13(18)17-16-11-5-6-19-12-4-3-9(14)7-10(11)12/h3-4,7-8H,5-6H2,1-2H3,(H2,15,17,18)/b16-11+. The summed E-state index contributed by atoms with van der Waals surface area (Å²) in [5.74, 6) is 0.709. The largest absolute Gasteiger partial charge is 0.359 e. The number of hydrogen-bond acceptors (Lipinski definition) is 3. The molecule has 6 heteroatoms. The molecule has 19 heavy (non-hydrogen) atoms. The van der Waals surface area contributed by atoms with Crippen LogP contribution in [-0.2, 0) is 0 Å². The fraction of sp³-hybridized carbons (Fsp3) is 0.385. The van der Waals surface area contributed by atoms with E-state index in [1.54, 1.807) is 17.8 Å². The van der Waals surface area contributed by atoms with Gasteiger partial charge in [-0.3, -0.25) is 5.43 Å². The topological polar surface area (TPSA) is 36.4 Å². The Morgan fingerprint density at radius 1 is 1.47 bits per heavy atom. The Kier molecular flexibility index (Phi) is 4.76. The zero-order chi connectivity index (χ0) is 13.8. The number of nitrogens with one attached hydrogen (secondary N) is 2. The van der Waals surface area contributed by atoms with Gasteiger partial charge in [0.15, 0.2) is 5.11 Å². The highest BCUT2D eigenvalue weighted by molar-refractivity contribution is 7.99. The van der Waals surface area contributed by atoms with Crippen molar-refractivity contribution in [1.29, 1.82) is 0 Å². The van der Waals surface area contributed by atoms with Crippen LogP contribution in [0.5, 0.6) is 0 Å². The second-order valence-corrected chi connectivity index (χ2v) is 6.08. The Morgan fingerprint density at radius 3 is 3.00 bits per heavy atom. The average Bonchev–Trinajstić information content (AvgIpc) is 2.35. The van der Waals surface area contributed by atoms with Gasteiger partial charge < -0.3 is 5.32 Å². The fourth-order valence-corrected chi connectivity index (χ4v) is 3.07. The summed E-state index contributed by atoms with van der Waals surface area (Å²) in [4.78, 5) is 1.07. The Hall–Kier alpha value is -1.14. The first-order chi connectivity index (χ1) is 9.06. The molecular formula is C13H16FN3S2. The molecule has 1 heterocycles. The van der Waals surface area contributed by atoms with E-state index in [1.807, 2.05) is 13.8 Å². The average molecular weight is 297 g/mol. The lowest BCUT2D eigenvalue weighted by Gasteiger charge is -2.18. The molecule has 2 N–H and O–H groups in total. The number of nitrogens with zero attached hydrogens (tertiary/aromatic N) is 1. The van der Waals surface area contributed by atoms with Gasteiger partial charge in [0.2, 0.25) is 0 Å². The summed E-state index contributed by atoms with van der Waals surface area (Å²) in [7, 11) is 0. The van der Waals surface area contributed by atoms with Crippen molar-refractivity contribution in [3.63, 3.8) is 0 Å². The molecule has 0 atom stereocenters. The van der Waals surface area contributed by atoms with E-state index >= 15 is 0 Å². The maximum absolute atomic E-state index is 13.3. The van der Waals surface area contributed by atoms with Gasteiger partial charge in [0.05, 0.1) is 5.71 Å². The number of fused-ring (bicyclic) bond motifs is 1. The Labute approximate surface area is 122 Å². The van der Waals surface area contributed by atoms with Gasteiger partial charge in [0.25, 0.3) is 0 Å². The molecule has 0 bridgehead atoms. The third kappa shape index (κ3) is 3.91. The highest BCUT2D eigenvalue weighted by Crippen LogP contribution is 2.30. The molecule has 0 spiro atoms. The van der Waals surface area contributed by atoms with Crippen LogP contribution in [0.3, 0.4) is 0 Å². The van der Waals surface area contributed by atoms with Crippen LogP contribution in [0, 0.1) is 5.82 Å². The van der Waals surface area contributed by atoms with Crippen molar-refractivity contribution in [2.45, 2.75) is 31.2 Å². The molecule has 1 aromatic rings. The first kappa shape index (κ1) is 14.3. The van der Waals surface area contributed by atoms with E-state index in [0.717, 1.165) is 28.3 Å². The Morgan fingerprint density at radius 2 is 2.26 bits per heavy atom. The summed E-state index contributed by atoms with van der Waals surface area (Å²) in [5, 5.41) is 7.84. The zero-order valence-electron chi connectivity index (χ0n) is 10.9. The fourth-order valence-electron chi connectivity index (χ4n) is 1.77. The van der Waals surface area contributed by atoms with Gasteiger partial charge in [-0.15, -0.1) is 11.8 Å². The smallest absolute Gasteiger partial charge is 0.187 e. The molecule has 1 aromatic carbocycles. The number of hydrogen-bond donors (Lipinski definition) is 2. The molecule has 2 rings (SSSR count). The number of halogens is 1. The van der Waals surface area contributed by atoms with Crippen LogP contribution >= 0.6 is 24.0 Å². The van der Waals surface area contributed by atoms with Crippen LogP contribution in [0.15, 0.2) is 28.2 Å². The van der Waals surface area contributed by atoms with Gasteiger partial charge in [-0.1, -0.05) is 0 Å². The van der Waals surface area contributed by atoms with Crippen LogP contribution in [-0.4, -0.2) is 22.6 Å². The van der Waals surface area contributed by atoms with Gasteiger partial charge in [-0.05, 0) is 44.3 Å². The Bertz CT molecular complexity index is 515. The van der Waals surface area contributed by atoms with Crippen molar-refractivity contribution in [2.24, 2.45) is 5.10 Å². The minimum absolute atomic E-state index is 0.239. The minimum atomic E-state index is -0.239. The van der Waals surface area contributed by atoms with E-state index in [1.165, 1.54) is 12.1 Å². The van der Waals surface area contributed by atoms with Crippen molar-refractivity contribution in [3.05, 3.63) is 29.6 Å². The number of thioether (sulfide) groups is 1. The molecular weight excluding hydrogens is 281 g/mol. The summed E-state index contributed by atoms with van der Waals surface area (Å²) < 4.78 is 13.3. The lowest BCUT2D eigenvalue weighted by Crippen LogP contribution is -2.37. The monoisotopic (exact) mass is 297 g/mol. The van der Waals surface area contributed by atoms with Crippen molar-refractivity contribution in [2.75, 3.05) is 5.75 Å². The second-order valence-electron chi connectivity index (χ2n) is 4.54. The van der Waals surface area contributed by atoms with Crippen molar-refractivity contribution < 1.29 is 4.39 Å². The summed E-state index contributed by atoms with van der Waals surface area (Å²) in [5.41, 5.74) is 4.53. The number of thiocarbonyl (C=S) groups is 1. The van der Waals surface area contributed by atoms with Gasteiger partial charge in [0, 0.05) is 28.7 Å². The zero-order valence-corrected chi connectivity index (χ0v) is 12.5. The van der Waals surface area contributed by atoms with E-state index in [2.05, 4.69) is 15.8 Å². The van der Waals surface area contributed by atoms with Crippen molar-refractivity contribution in [3.8, 4) is 0 Å². The van der Waals surface area contributed by atoms with E-state index in [-0.39, 0.29) is 11.9 Å². The predicted octanol–water partition coefficient (Wildman–Crippen LogP) is 2.90. The molecule has 0 aromatic heterocycles. The maximum atomic E-state index is 13.3. The van der Waals surface area contributed by atoms with Gasteiger partial charge in [-0.2, -0.15) is 5.10 Å². The quantitative estimate of drug-likeness (QED) is 0.650. The van der Waals surface area contributed by atoms with E-state index in [4.69, 9.17) is 12.2 Å². The normalized spacial score (nSPS) is 16.3. The highest BCUT2D eigenvalue weighted by Gasteiger charge is 2.17. The lowest BCUT2D eigenvalue weighted by atomic mass is 10.1. The molecule has 0 radical (unpaired) electrons. The number of rotatable bonds is 2. The van der Waals surface area contributed by atoms with Gasteiger partial charge in [0.1, 0.15) is 5.82 Å². The molecule has 0 aliphatic carbocycles. The van der Waals surface area contributed by atoms with Crippen molar-refractivity contribution in [1.82, 2.24) is 10.7 Å². The molecule has 0 unspecified atom stereocenters. The molecule has 0 saturated carbocycles. The SMILES string of the molecule is CC(C)NC(=S)N/N=C1\CCSc2ccc(F)cc21. The summed E-state index contributed by atoms with van der Waals surface area (Å²) in [6.45, 7) is 4.01. The minimum Gasteiger partial charge on any atom is -0.359 e. The van der Waals surface area contributed by atoms with Crippen LogP contribution in [0.1, 0.15) is 25.8 Å². The van der Waals surface area contributed by atoms with E-state index in [9.17, 15) is 4.39 Å². The maximum Gasteiger partial charge on any atom is 0.187 e. The summed E-state index contributed by atoms with van der Waals surface area (Å²) >= 11 is 6.84. The number of hydrazone groups is 1. The van der Waals surface area contributed by atoms with Crippen LogP contribution in [0.4, 0.5) is 4.39 Å². The van der Waals surface area contributed by atoms with Crippen molar-refractivity contribution >= 4 is 34.8 Å². The third-order valence-corrected chi connectivity index (χ3v) is 3.85. The first-order valence-electron chi connectivity index (χ1n) is 6.12. The molecule has 0 amide bonds.